The number of phosphoric acid groups is 1. The van der Waals surface area contributed by atoms with E-state index in [1.54, 1.807) is 6.08 Å². The van der Waals surface area contributed by atoms with Gasteiger partial charge in [0.1, 0.15) is 13.2 Å². The zero-order valence-electron chi connectivity index (χ0n) is 56.9. The largest absolute Gasteiger partial charge is 0.756 e. The Morgan fingerprint density at radius 2 is 0.651 bits per heavy atom. The minimum atomic E-state index is -4.60. The Morgan fingerprint density at radius 3 is 0.904 bits per heavy atom. The summed E-state index contributed by atoms with van der Waals surface area (Å²) in [6.45, 7) is 4.72. The fourth-order valence-corrected chi connectivity index (χ4v) is 12.6. The number of nitrogens with one attached hydrogen (secondary N) is 1. The molecule has 0 rings (SSSR count). The monoisotopic (exact) mass is 1190 g/mol. The second-order valence-electron chi connectivity index (χ2n) is 27.4. The van der Waals surface area contributed by atoms with E-state index in [2.05, 4.69) is 19.2 Å². The summed E-state index contributed by atoms with van der Waals surface area (Å²) in [5.74, 6) is -0.187. The quantitative estimate of drug-likeness (QED) is 0.0272. The number of amides is 1. The zero-order valence-corrected chi connectivity index (χ0v) is 57.8. The number of rotatable bonds is 71. The Labute approximate surface area is 520 Å². The van der Waals surface area contributed by atoms with E-state index in [0.717, 1.165) is 38.5 Å². The minimum absolute atomic E-state index is 0.00297. The smallest absolute Gasteiger partial charge is 0.268 e. The lowest BCUT2D eigenvalue weighted by atomic mass is 10.0. The molecule has 8 nitrogen and oxygen atoms in total. The van der Waals surface area contributed by atoms with E-state index in [4.69, 9.17) is 9.05 Å². The molecule has 0 saturated carbocycles. The number of likely N-dealkylation sites (N-methyl/N-ethyl adjacent to an activating group) is 1. The molecule has 0 aliphatic heterocycles. The molecule has 0 aromatic heterocycles. The summed E-state index contributed by atoms with van der Waals surface area (Å²) in [6, 6.07) is -0.884. The zero-order chi connectivity index (χ0) is 60.5. The van der Waals surface area contributed by atoms with Gasteiger partial charge >= 0.3 is 0 Å². The van der Waals surface area contributed by atoms with E-state index >= 15 is 0 Å². The number of aliphatic hydroxyl groups excluding tert-OH is 1. The molecule has 1 amide bonds. The number of phosphoric ester groups is 1. The second kappa shape index (κ2) is 65.7. The van der Waals surface area contributed by atoms with Crippen LogP contribution >= 0.6 is 7.82 Å². The third kappa shape index (κ3) is 68.6. The summed E-state index contributed by atoms with van der Waals surface area (Å²) in [6.07, 6.45) is 85.1. The van der Waals surface area contributed by atoms with Gasteiger partial charge in [-0.05, 0) is 19.3 Å². The number of hydrogen-bond acceptors (Lipinski definition) is 6. The first-order valence-electron chi connectivity index (χ1n) is 37.6. The first-order chi connectivity index (χ1) is 40.5. The number of carbonyl (C=O) groups excluding carboxylic acids is 1. The molecule has 0 aromatic carbocycles. The van der Waals surface area contributed by atoms with Gasteiger partial charge in [0.15, 0.2) is 0 Å². The van der Waals surface area contributed by atoms with Crippen molar-refractivity contribution in [3.63, 3.8) is 0 Å². The molecule has 0 aliphatic rings. The van der Waals surface area contributed by atoms with Crippen LogP contribution in [0, 0.1) is 0 Å². The Kier molecular flexibility index (Phi) is 65.1. The van der Waals surface area contributed by atoms with Crippen molar-refractivity contribution in [3.8, 4) is 0 Å². The summed E-state index contributed by atoms with van der Waals surface area (Å²) in [7, 11) is 1.29. The maximum absolute atomic E-state index is 13.0. The fraction of sp³-hybridized carbons (Fsp3) is 0.959. The second-order valence-corrected chi connectivity index (χ2v) is 28.8. The molecule has 0 radical (unpaired) electrons. The van der Waals surface area contributed by atoms with Crippen LogP contribution in [0.2, 0.25) is 0 Å². The van der Waals surface area contributed by atoms with Gasteiger partial charge in [-0.25, -0.2) is 0 Å². The van der Waals surface area contributed by atoms with Gasteiger partial charge in [0, 0.05) is 6.42 Å². The summed E-state index contributed by atoms with van der Waals surface area (Å²) >= 11 is 0. The average Bonchev–Trinajstić information content (AvgIpc) is 3.49. The highest BCUT2D eigenvalue weighted by atomic mass is 31.2. The molecule has 0 bridgehead atoms. The Balaban J connectivity index is 3.88. The minimum Gasteiger partial charge on any atom is -0.756 e. The van der Waals surface area contributed by atoms with E-state index in [1.807, 2.05) is 27.2 Å². The Hall–Kier alpha value is -0.760. The Morgan fingerprint density at radius 1 is 0.410 bits per heavy atom. The van der Waals surface area contributed by atoms with Crippen LogP contribution in [-0.4, -0.2) is 68.5 Å². The molecule has 3 unspecified atom stereocenters. The fourth-order valence-electron chi connectivity index (χ4n) is 11.9. The summed E-state index contributed by atoms with van der Waals surface area (Å²) < 4.78 is 23.5. The topological polar surface area (TPSA) is 108 Å². The first kappa shape index (κ1) is 82.2. The van der Waals surface area contributed by atoms with Gasteiger partial charge in [0.2, 0.25) is 5.91 Å². The highest BCUT2D eigenvalue weighted by Gasteiger charge is 2.23. The van der Waals surface area contributed by atoms with Crippen LogP contribution in [0.5, 0.6) is 0 Å². The molecule has 496 valence electrons. The molecule has 0 heterocycles. The van der Waals surface area contributed by atoms with E-state index in [-0.39, 0.29) is 19.1 Å². The van der Waals surface area contributed by atoms with Crippen LogP contribution in [0.4, 0.5) is 0 Å². The predicted molar refractivity (Wildman–Crippen MR) is 362 cm³/mol. The Bertz CT molecular complexity index is 1360. The molecule has 9 heteroatoms. The van der Waals surface area contributed by atoms with E-state index in [0.29, 0.717) is 17.4 Å². The van der Waals surface area contributed by atoms with Gasteiger partial charge in [0.25, 0.3) is 7.82 Å². The van der Waals surface area contributed by atoms with Crippen LogP contribution in [0.15, 0.2) is 12.2 Å². The van der Waals surface area contributed by atoms with Crippen LogP contribution in [-0.2, 0) is 18.4 Å². The third-order valence-electron chi connectivity index (χ3n) is 17.7. The summed E-state index contributed by atoms with van der Waals surface area (Å²) in [5, 5.41) is 14.0. The third-order valence-corrected chi connectivity index (χ3v) is 18.7. The lowest BCUT2D eigenvalue weighted by Gasteiger charge is -2.29. The van der Waals surface area contributed by atoms with Gasteiger partial charge in [-0.3, -0.25) is 9.36 Å². The molecular weight excluding hydrogens is 1040 g/mol. The lowest BCUT2D eigenvalue weighted by Crippen LogP contribution is -2.45. The van der Waals surface area contributed by atoms with Gasteiger partial charge in [-0.2, -0.15) is 0 Å². The molecule has 0 spiro atoms. The molecule has 3 atom stereocenters. The molecule has 83 heavy (non-hydrogen) atoms. The molecule has 0 aliphatic carbocycles. The summed E-state index contributed by atoms with van der Waals surface area (Å²) in [5.41, 5.74) is 0. The highest BCUT2D eigenvalue weighted by molar-refractivity contribution is 7.45. The van der Waals surface area contributed by atoms with E-state index in [9.17, 15) is 19.4 Å². The molecule has 0 saturated heterocycles. The van der Waals surface area contributed by atoms with E-state index < -0.39 is 20.0 Å². The van der Waals surface area contributed by atoms with Crippen molar-refractivity contribution >= 4 is 13.7 Å². The van der Waals surface area contributed by atoms with Gasteiger partial charge < -0.3 is 28.8 Å². The van der Waals surface area contributed by atoms with Crippen molar-refractivity contribution in [2.75, 3.05) is 40.9 Å². The molecular formula is C74H149N2O6P. The standard InChI is InChI=1S/C74H149N2O6P/c1-6-8-10-12-14-16-18-20-22-24-26-28-29-30-31-32-33-34-35-36-37-38-39-40-41-42-43-44-45-46-48-50-52-54-56-58-60-62-64-66-68-74(78)75-72(71-82-83(79,80)81-70-69-76(3,4)5)73(77)67-65-63-61-59-57-55-53-51-49-47-27-25-23-21-19-17-15-13-11-9-7-2/h65,67,72-73,77H,6-64,66,68-71H2,1-5H3,(H-,75,78,79,80)/b67-65+. The number of quaternary nitrogens is 1. The van der Waals surface area contributed by atoms with Crippen LogP contribution in [0.1, 0.15) is 406 Å². The maximum atomic E-state index is 13.0. The SMILES string of the molecule is CCCCCCCCCCCCCCCCCCCCC/C=C/C(O)C(COP(=O)([O-])OCC[N+](C)(C)C)NC(=O)CCCCCCCCCCCCCCCCCCCCCCCCCCCCCCCCCCCCCCCCCC. The summed E-state index contributed by atoms with van der Waals surface area (Å²) in [4.78, 5) is 25.6. The predicted octanol–water partition coefficient (Wildman–Crippen LogP) is 23.4. The van der Waals surface area contributed by atoms with Gasteiger partial charge in [-0.15, -0.1) is 0 Å². The molecule has 2 N–H and O–H groups in total. The number of unbranched alkanes of at least 4 members (excludes halogenated alkanes) is 58. The van der Waals surface area contributed by atoms with Crippen molar-refractivity contribution in [1.29, 1.82) is 0 Å². The number of carbonyl (C=O) groups is 1. The maximum Gasteiger partial charge on any atom is 0.268 e. The van der Waals surface area contributed by atoms with Crippen molar-refractivity contribution in [2.24, 2.45) is 0 Å². The first-order valence-corrected chi connectivity index (χ1v) is 39.0. The molecule has 0 aromatic rings. The van der Waals surface area contributed by atoms with Crippen LogP contribution in [0.25, 0.3) is 0 Å². The number of allylic oxidation sites excluding steroid dienone is 1. The van der Waals surface area contributed by atoms with Crippen molar-refractivity contribution in [2.45, 2.75) is 418 Å². The lowest BCUT2D eigenvalue weighted by molar-refractivity contribution is -0.870. The highest BCUT2D eigenvalue weighted by Crippen LogP contribution is 2.38. The van der Waals surface area contributed by atoms with Crippen LogP contribution < -0.4 is 10.2 Å². The van der Waals surface area contributed by atoms with Gasteiger partial charge in [0.05, 0.1) is 39.9 Å². The van der Waals surface area contributed by atoms with Crippen molar-refractivity contribution in [3.05, 3.63) is 12.2 Å². The van der Waals surface area contributed by atoms with Crippen LogP contribution in [0.3, 0.4) is 0 Å². The van der Waals surface area contributed by atoms with Crippen molar-refractivity contribution < 1.29 is 32.9 Å². The number of nitrogens with zero attached hydrogens (tertiary/aromatic N) is 1. The van der Waals surface area contributed by atoms with Gasteiger partial charge in [-0.1, -0.05) is 392 Å². The number of hydrogen-bond donors (Lipinski definition) is 2. The molecule has 0 fully saturated rings. The number of aliphatic hydroxyl groups is 1. The van der Waals surface area contributed by atoms with E-state index in [1.165, 1.54) is 347 Å². The van der Waals surface area contributed by atoms with Crippen molar-refractivity contribution in [1.82, 2.24) is 5.32 Å². The average molecular weight is 1190 g/mol. The normalized spacial score (nSPS) is 13.6.